The fourth-order valence-electron chi connectivity index (χ4n) is 2.78. The standard InChI is InChI=1S/C15H21F3N2O/c1-11(13-4-2-3-5-14(13)21)19-8-12-6-7-20(9-12)10-15(16,17)18/h2-5,11-12,19,21H,6-10H2,1H3. The number of phenols is 1. The van der Waals surface area contributed by atoms with Crippen LogP contribution in [0.25, 0.3) is 0 Å². The molecule has 1 aromatic rings. The lowest BCUT2D eigenvalue weighted by molar-refractivity contribution is -0.143. The quantitative estimate of drug-likeness (QED) is 0.878. The number of alkyl halides is 3. The third-order valence-corrected chi connectivity index (χ3v) is 3.89. The Bertz CT molecular complexity index is 464. The first kappa shape index (κ1) is 16.1. The van der Waals surface area contributed by atoms with Crippen LogP contribution in [0.4, 0.5) is 13.2 Å². The molecule has 1 heterocycles. The molecule has 2 N–H and O–H groups in total. The van der Waals surface area contributed by atoms with Gasteiger partial charge in [0.1, 0.15) is 5.75 Å². The zero-order valence-corrected chi connectivity index (χ0v) is 12.0. The molecule has 2 atom stereocenters. The van der Waals surface area contributed by atoms with Crippen LogP contribution in [0, 0.1) is 5.92 Å². The predicted octanol–water partition coefficient (Wildman–Crippen LogP) is 2.93. The summed E-state index contributed by atoms with van der Waals surface area (Å²) in [6, 6.07) is 7.07. The van der Waals surface area contributed by atoms with E-state index in [1.54, 1.807) is 12.1 Å². The van der Waals surface area contributed by atoms with Crippen molar-refractivity contribution in [2.45, 2.75) is 25.6 Å². The molecule has 0 bridgehead atoms. The lowest BCUT2D eigenvalue weighted by atomic mass is 10.1. The van der Waals surface area contributed by atoms with Crippen molar-refractivity contribution in [1.29, 1.82) is 0 Å². The zero-order chi connectivity index (χ0) is 15.5. The molecule has 6 heteroatoms. The van der Waals surface area contributed by atoms with Crippen molar-refractivity contribution in [3.05, 3.63) is 29.8 Å². The minimum atomic E-state index is -4.12. The Labute approximate surface area is 122 Å². The molecular weight excluding hydrogens is 281 g/mol. The monoisotopic (exact) mass is 302 g/mol. The SMILES string of the molecule is CC(NCC1CCN(CC(F)(F)F)C1)c1ccccc1O. The molecule has 21 heavy (non-hydrogen) atoms. The van der Waals surface area contributed by atoms with Gasteiger partial charge in [0.15, 0.2) is 0 Å². The molecule has 1 aromatic carbocycles. The second-order valence-corrected chi connectivity index (χ2v) is 5.69. The third kappa shape index (κ3) is 4.89. The number of rotatable bonds is 5. The fourth-order valence-corrected chi connectivity index (χ4v) is 2.78. The molecule has 2 rings (SSSR count). The highest BCUT2D eigenvalue weighted by atomic mass is 19.4. The largest absolute Gasteiger partial charge is 0.508 e. The van der Waals surface area contributed by atoms with Crippen molar-refractivity contribution in [1.82, 2.24) is 10.2 Å². The fraction of sp³-hybridized carbons (Fsp3) is 0.600. The van der Waals surface area contributed by atoms with Gasteiger partial charge >= 0.3 is 6.18 Å². The Morgan fingerprint density at radius 2 is 2.10 bits per heavy atom. The van der Waals surface area contributed by atoms with E-state index in [1.165, 1.54) is 4.90 Å². The lowest BCUT2D eigenvalue weighted by Gasteiger charge is -2.20. The van der Waals surface area contributed by atoms with Crippen LogP contribution in [0.3, 0.4) is 0 Å². The molecule has 1 aliphatic heterocycles. The second-order valence-electron chi connectivity index (χ2n) is 5.69. The van der Waals surface area contributed by atoms with Gasteiger partial charge in [-0.25, -0.2) is 0 Å². The van der Waals surface area contributed by atoms with Gasteiger partial charge in [0.25, 0.3) is 0 Å². The Morgan fingerprint density at radius 3 is 2.76 bits per heavy atom. The molecule has 0 spiro atoms. The maximum Gasteiger partial charge on any atom is 0.401 e. The molecule has 0 radical (unpaired) electrons. The smallest absolute Gasteiger partial charge is 0.401 e. The van der Waals surface area contributed by atoms with Gasteiger partial charge in [-0.05, 0) is 38.4 Å². The molecular formula is C15H21F3N2O. The van der Waals surface area contributed by atoms with Crippen molar-refractivity contribution in [2.24, 2.45) is 5.92 Å². The van der Waals surface area contributed by atoms with Gasteiger partial charge in [-0.1, -0.05) is 18.2 Å². The molecule has 0 aromatic heterocycles. The summed E-state index contributed by atoms with van der Waals surface area (Å²) < 4.78 is 37.0. The van der Waals surface area contributed by atoms with Crippen molar-refractivity contribution in [3.8, 4) is 5.75 Å². The number of hydrogen-bond acceptors (Lipinski definition) is 3. The number of nitrogens with one attached hydrogen (secondary N) is 1. The van der Waals surface area contributed by atoms with E-state index in [-0.39, 0.29) is 17.7 Å². The normalized spacial score (nSPS) is 21.6. The molecule has 1 fully saturated rings. The molecule has 0 saturated carbocycles. The number of aromatic hydroxyl groups is 1. The molecule has 1 aliphatic rings. The van der Waals surface area contributed by atoms with Gasteiger partial charge < -0.3 is 10.4 Å². The van der Waals surface area contributed by atoms with Gasteiger partial charge in [-0.3, -0.25) is 4.90 Å². The Kier molecular flexibility index (Phi) is 5.11. The average Bonchev–Trinajstić information content (AvgIpc) is 2.82. The molecule has 3 nitrogen and oxygen atoms in total. The first-order chi connectivity index (χ1) is 9.85. The number of para-hydroxylation sites is 1. The minimum absolute atomic E-state index is 0.0251. The number of halogens is 3. The van der Waals surface area contributed by atoms with E-state index in [9.17, 15) is 18.3 Å². The maximum atomic E-state index is 12.3. The molecule has 0 aliphatic carbocycles. The van der Waals surface area contributed by atoms with E-state index in [2.05, 4.69) is 5.32 Å². The minimum Gasteiger partial charge on any atom is -0.508 e. The number of phenolic OH excluding ortho intramolecular Hbond substituents is 1. The Morgan fingerprint density at radius 1 is 1.38 bits per heavy atom. The van der Waals surface area contributed by atoms with Gasteiger partial charge in [0.05, 0.1) is 6.54 Å². The summed E-state index contributed by atoms with van der Waals surface area (Å²) in [4.78, 5) is 1.46. The molecule has 2 unspecified atom stereocenters. The second kappa shape index (κ2) is 6.66. The van der Waals surface area contributed by atoms with E-state index in [1.807, 2.05) is 19.1 Å². The van der Waals surface area contributed by atoms with E-state index >= 15 is 0 Å². The van der Waals surface area contributed by atoms with Crippen LogP contribution < -0.4 is 5.32 Å². The average molecular weight is 302 g/mol. The first-order valence-electron chi connectivity index (χ1n) is 7.15. The van der Waals surface area contributed by atoms with Gasteiger partial charge in [0.2, 0.25) is 0 Å². The van der Waals surface area contributed by atoms with Crippen molar-refractivity contribution >= 4 is 0 Å². The van der Waals surface area contributed by atoms with E-state index in [0.717, 1.165) is 12.0 Å². The van der Waals surface area contributed by atoms with Crippen molar-refractivity contribution in [3.63, 3.8) is 0 Å². The maximum absolute atomic E-state index is 12.3. The summed E-state index contributed by atoms with van der Waals surface area (Å²) in [5, 5.41) is 13.1. The van der Waals surface area contributed by atoms with Crippen LogP contribution in [0.5, 0.6) is 5.75 Å². The van der Waals surface area contributed by atoms with Crippen LogP contribution in [0.1, 0.15) is 24.9 Å². The summed E-state index contributed by atoms with van der Waals surface area (Å²) in [7, 11) is 0. The summed E-state index contributed by atoms with van der Waals surface area (Å²) in [6.45, 7) is 2.75. The van der Waals surface area contributed by atoms with Crippen LogP contribution in [0.15, 0.2) is 24.3 Å². The molecule has 0 amide bonds. The number of likely N-dealkylation sites (tertiary alicyclic amines) is 1. The van der Waals surface area contributed by atoms with Gasteiger partial charge in [0, 0.05) is 18.2 Å². The summed E-state index contributed by atoms with van der Waals surface area (Å²) in [5.41, 5.74) is 0.808. The Hall–Kier alpha value is -1.27. The van der Waals surface area contributed by atoms with Gasteiger partial charge in [-0.15, -0.1) is 0 Å². The molecule has 1 saturated heterocycles. The lowest BCUT2D eigenvalue weighted by Crippen LogP contribution is -2.34. The van der Waals surface area contributed by atoms with E-state index < -0.39 is 12.7 Å². The highest BCUT2D eigenvalue weighted by Gasteiger charge is 2.34. The molecule has 118 valence electrons. The van der Waals surface area contributed by atoms with Crippen LogP contribution >= 0.6 is 0 Å². The number of hydrogen-bond donors (Lipinski definition) is 2. The van der Waals surface area contributed by atoms with E-state index in [4.69, 9.17) is 0 Å². The van der Waals surface area contributed by atoms with Crippen molar-refractivity contribution < 1.29 is 18.3 Å². The zero-order valence-electron chi connectivity index (χ0n) is 12.0. The van der Waals surface area contributed by atoms with Crippen molar-refractivity contribution in [2.75, 3.05) is 26.2 Å². The van der Waals surface area contributed by atoms with Crippen LogP contribution in [-0.2, 0) is 0 Å². The summed E-state index contributed by atoms with van der Waals surface area (Å²) >= 11 is 0. The third-order valence-electron chi connectivity index (χ3n) is 3.89. The highest BCUT2D eigenvalue weighted by Crippen LogP contribution is 2.25. The van der Waals surface area contributed by atoms with Crippen LogP contribution in [-0.4, -0.2) is 42.4 Å². The predicted molar refractivity (Wildman–Crippen MR) is 75.1 cm³/mol. The Balaban J connectivity index is 1.78. The summed E-state index contributed by atoms with van der Waals surface area (Å²) in [6.07, 6.45) is -3.35. The first-order valence-corrected chi connectivity index (χ1v) is 7.15. The topological polar surface area (TPSA) is 35.5 Å². The number of benzene rings is 1. The summed E-state index contributed by atoms with van der Waals surface area (Å²) in [5.74, 6) is 0.461. The van der Waals surface area contributed by atoms with Gasteiger partial charge in [-0.2, -0.15) is 13.2 Å². The van der Waals surface area contributed by atoms with E-state index in [0.29, 0.717) is 19.6 Å². The number of nitrogens with zero attached hydrogens (tertiary/aromatic N) is 1. The van der Waals surface area contributed by atoms with Crippen LogP contribution in [0.2, 0.25) is 0 Å². The highest BCUT2D eigenvalue weighted by molar-refractivity contribution is 5.34.